The molecule has 0 spiro atoms. The second-order valence-corrected chi connectivity index (χ2v) is 7.65. The number of fused-ring (bicyclic) bond motifs is 2. The maximum absolute atomic E-state index is 6.18. The number of hydrogen-bond acceptors (Lipinski definition) is 3. The van der Waals surface area contributed by atoms with Crippen LogP contribution in [0.2, 0.25) is 5.15 Å². The number of nitrogens with zero attached hydrogens (tertiary/aromatic N) is 2. The van der Waals surface area contributed by atoms with Crippen LogP contribution in [-0.2, 0) is 0 Å². The molecule has 0 N–H and O–H groups in total. The first kappa shape index (κ1) is 13.6. The topological polar surface area (TPSA) is 35.0 Å². The molecule has 0 amide bonds. The summed E-state index contributed by atoms with van der Waals surface area (Å²) >= 11 is 9.40. The number of aromatic nitrogens is 2. The zero-order valence-electron chi connectivity index (χ0n) is 11.4. The van der Waals surface area contributed by atoms with Gasteiger partial charge in [-0.3, -0.25) is 0 Å². The van der Waals surface area contributed by atoms with Gasteiger partial charge in [-0.25, -0.2) is 9.97 Å². The molecule has 5 heteroatoms. The molecule has 0 aliphatic heterocycles. The number of halogens is 2. The van der Waals surface area contributed by atoms with E-state index in [2.05, 4.69) is 46.7 Å². The molecular formula is C14H18BrClN2O. The van der Waals surface area contributed by atoms with Gasteiger partial charge in [-0.1, -0.05) is 32.4 Å². The molecule has 0 radical (unpaired) electrons. The van der Waals surface area contributed by atoms with Gasteiger partial charge in [-0.2, -0.15) is 0 Å². The highest BCUT2D eigenvalue weighted by Gasteiger charge is 2.62. The average molecular weight is 346 g/mol. The SMILES string of the molecule is CC1(C)C2CCC1(C)C(Oc1ncnc(Cl)c1Br)C2. The zero-order valence-corrected chi connectivity index (χ0v) is 13.8. The highest BCUT2D eigenvalue weighted by Crippen LogP contribution is 2.66. The minimum atomic E-state index is 0.212. The molecule has 3 atom stereocenters. The van der Waals surface area contributed by atoms with Crippen molar-refractivity contribution in [3.05, 3.63) is 16.0 Å². The monoisotopic (exact) mass is 344 g/mol. The van der Waals surface area contributed by atoms with Crippen LogP contribution >= 0.6 is 27.5 Å². The molecular weight excluding hydrogens is 328 g/mol. The number of rotatable bonds is 2. The molecule has 2 saturated carbocycles. The maximum Gasteiger partial charge on any atom is 0.232 e. The first-order valence-corrected chi connectivity index (χ1v) is 7.86. The van der Waals surface area contributed by atoms with Crippen LogP contribution in [0.25, 0.3) is 0 Å². The van der Waals surface area contributed by atoms with Gasteiger partial charge in [0.05, 0.1) is 0 Å². The van der Waals surface area contributed by atoms with Crippen LogP contribution in [0.5, 0.6) is 5.88 Å². The van der Waals surface area contributed by atoms with Gasteiger partial charge in [-0.15, -0.1) is 0 Å². The van der Waals surface area contributed by atoms with E-state index in [-0.39, 0.29) is 11.5 Å². The van der Waals surface area contributed by atoms with Gasteiger partial charge in [0.15, 0.2) is 5.15 Å². The lowest BCUT2D eigenvalue weighted by Gasteiger charge is -2.38. The maximum atomic E-state index is 6.18. The predicted octanol–water partition coefficient (Wildman–Crippen LogP) is 4.49. The normalized spacial score (nSPS) is 35.6. The van der Waals surface area contributed by atoms with Crippen molar-refractivity contribution < 1.29 is 4.74 Å². The lowest BCUT2D eigenvalue weighted by atomic mass is 9.70. The van der Waals surface area contributed by atoms with Crippen LogP contribution in [0.1, 0.15) is 40.0 Å². The molecule has 2 aliphatic rings. The van der Waals surface area contributed by atoms with Gasteiger partial charge in [0.1, 0.15) is 16.9 Å². The van der Waals surface area contributed by atoms with Crippen molar-refractivity contribution >= 4 is 27.5 Å². The van der Waals surface area contributed by atoms with Crippen molar-refractivity contribution in [2.24, 2.45) is 16.7 Å². The Morgan fingerprint density at radius 3 is 2.68 bits per heavy atom. The van der Waals surface area contributed by atoms with Crippen molar-refractivity contribution in [1.82, 2.24) is 9.97 Å². The Kier molecular flexibility index (Phi) is 3.10. The summed E-state index contributed by atoms with van der Waals surface area (Å²) in [5, 5.41) is 0.401. The van der Waals surface area contributed by atoms with E-state index in [0.29, 0.717) is 20.9 Å². The summed E-state index contributed by atoms with van der Waals surface area (Å²) in [7, 11) is 0. The molecule has 104 valence electrons. The van der Waals surface area contributed by atoms with E-state index >= 15 is 0 Å². The molecule has 19 heavy (non-hydrogen) atoms. The van der Waals surface area contributed by atoms with E-state index in [1.807, 2.05) is 0 Å². The third-order valence-electron chi connectivity index (χ3n) is 5.68. The molecule has 1 aromatic rings. The zero-order chi connectivity index (χ0) is 13.8. The predicted molar refractivity (Wildman–Crippen MR) is 78.4 cm³/mol. The van der Waals surface area contributed by atoms with Crippen LogP contribution in [0.15, 0.2) is 10.8 Å². The van der Waals surface area contributed by atoms with Gasteiger partial charge >= 0.3 is 0 Å². The second-order valence-electron chi connectivity index (χ2n) is 6.50. The molecule has 2 fully saturated rings. The first-order valence-electron chi connectivity index (χ1n) is 6.69. The fraction of sp³-hybridized carbons (Fsp3) is 0.714. The summed E-state index contributed by atoms with van der Waals surface area (Å²) in [5.41, 5.74) is 0.551. The first-order chi connectivity index (χ1) is 8.86. The summed E-state index contributed by atoms with van der Waals surface area (Å²) in [5.74, 6) is 1.31. The summed E-state index contributed by atoms with van der Waals surface area (Å²) in [6.45, 7) is 7.09. The highest BCUT2D eigenvalue weighted by atomic mass is 79.9. The highest BCUT2D eigenvalue weighted by molar-refractivity contribution is 9.10. The van der Waals surface area contributed by atoms with E-state index in [4.69, 9.17) is 16.3 Å². The lowest BCUT2D eigenvalue weighted by Crippen LogP contribution is -2.39. The van der Waals surface area contributed by atoms with Crippen molar-refractivity contribution in [1.29, 1.82) is 0 Å². The molecule has 1 heterocycles. The molecule has 3 unspecified atom stereocenters. The standard InChI is InChI=1S/C14H18BrClN2O/c1-13(2)8-4-5-14(13,3)9(6-8)19-12-10(15)11(16)17-7-18-12/h7-9H,4-6H2,1-3H3. The van der Waals surface area contributed by atoms with Crippen molar-refractivity contribution in [3.63, 3.8) is 0 Å². The fourth-order valence-electron chi connectivity index (χ4n) is 3.86. The molecule has 2 bridgehead atoms. The van der Waals surface area contributed by atoms with Gasteiger partial charge < -0.3 is 4.74 Å². The van der Waals surface area contributed by atoms with Crippen LogP contribution in [0, 0.1) is 16.7 Å². The van der Waals surface area contributed by atoms with Gasteiger partial charge in [0.25, 0.3) is 0 Å². The fourth-order valence-corrected chi connectivity index (χ4v) is 4.28. The van der Waals surface area contributed by atoms with Gasteiger partial charge in [0, 0.05) is 5.41 Å². The molecule has 2 aliphatic carbocycles. The summed E-state index contributed by atoms with van der Waals surface area (Å²) in [6.07, 6.45) is 5.31. The van der Waals surface area contributed by atoms with E-state index in [9.17, 15) is 0 Å². The summed E-state index contributed by atoms with van der Waals surface area (Å²) in [6, 6.07) is 0. The quantitative estimate of drug-likeness (QED) is 0.741. The van der Waals surface area contributed by atoms with Crippen LogP contribution in [-0.4, -0.2) is 16.1 Å². The van der Waals surface area contributed by atoms with Gasteiger partial charge in [0.2, 0.25) is 5.88 Å². The molecule has 3 nitrogen and oxygen atoms in total. The summed E-state index contributed by atoms with van der Waals surface area (Å²) < 4.78 is 6.83. The second kappa shape index (κ2) is 4.32. The third kappa shape index (κ3) is 1.83. The van der Waals surface area contributed by atoms with Crippen molar-refractivity contribution in [2.45, 2.75) is 46.1 Å². The molecule has 0 aromatic carbocycles. The van der Waals surface area contributed by atoms with Crippen molar-refractivity contribution in [3.8, 4) is 5.88 Å². The minimum Gasteiger partial charge on any atom is -0.473 e. The van der Waals surface area contributed by atoms with E-state index in [1.54, 1.807) is 0 Å². The van der Waals surface area contributed by atoms with E-state index in [0.717, 1.165) is 12.3 Å². The lowest BCUT2D eigenvalue weighted by molar-refractivity contribution is 0.0267. The Balaban J connectivity index is 1.88. The number of hydrogen-bond donors (Lipinski definition) is 0. The van der Waals surface area contributed by atoms with Crippen LogP contribution < -0.4 is 4.74 Å². The van der Waals surface area contributed by atoms with Crippen LogP contribution in [0.3, 0.4) is 0 Å². The van der Waals surface area contributed by atoms with E-state index < -0.39 is 0 Å². The van der Waals surface area contributed by atoms with Gasteiger partial charge in [-0.05, 0) is 46.5 Å². The Morgan fingerprint density at radius 2 is 2.11 bits per heavy atom. The third-order valence-corrected chi connectivity index (χ3v) is 6.91. The van der Waals surface area contributed by atoms with Crippen molar-refractivity contribution in [2.75, 3.05) is 0 Å². The minimum absolute atomic E-state index is 0.212. The Labute approximate surface area is 127 Å². The Morgan fingerprint density at radius 1 is 1.37 bits per heavy atom. The molecule has 0 saturated heterocycles. The summed E-state index contributed by atoms with van der Waals surface area (Å²) in [4.78, 5) is 8.14. The van der Waals surface area contributed by atoms with Crippen LogP contribution in [0.4, 0.5) is 0 Å². The average Bonchev–Trinajstić information content (AvgIpc) is 2.68. The molecule has 1 aromatic heterocycles. The molecule has 3 rings (SSSR count). The number of ether oxygens (including phenoxy) is 1. The smallest absolute Gasteiger partial charge is 0.232 e. The van der Waals surface area contributed by atoms with E-state index in [1.165, 1.54) is 19.2 Å². The largest absolute Gasteiger partial charge is 0.473 e. The Hall–Kier alpha value is -0.350. The Bertz CT molecular complexity index is 522.